The van der Waals surface area contributed by atoms with Crippen molar-refractivity contribution in [2.75, 3.05) is 0 Å². The number of nitrogens with zero attached hydrogens (tertiary/aromatic N) is 1. The average Bonchev–Trinajstić information content (AvgIpc) is 2.85. The first-order valence-electron chi connectivity index (χ1n) is 7.81. The van der Waals surface area contributed by atoms with Crippen molar-refractivity contribution in [3.63, 3.8) is 0 Å². The van der Waals surface area contributed by atoms with Crippen LogP contribution in [0.25, 0.3) is 21.8 Å². The number of aryl methyl sites for hydroxylation is 1. The van der Waals surface area contributed by atoms with Crippen molar-refractivity contribution < 1.29 is 0 Å². The number of hydrogen-bond donors (Lipinski definition) is 0. The van der Waals surface area contributed by atoms with Gasteiger partial charge in [-0.3, -0.25) is 0 Å². The van der Waals surface area contributed by atoms with Gasteiger partial charge in [0.25, 0.3) is 0 Å². The van der Waals surface area contributed by atoms with Gasteiger partial charge in [-0.25, -0.2) is 0 Å². The number of hydrogen-bond acceptors (Lipinski definition) is 0. The molecular formula is C20H21N. The molecule has 0 atom stereocenters. The minimum Gasteiger partial charge on any atom is -0.340 e. The van der Waals surface area contributed by atoms with Gasteiger partial charge in [-0.05, 0) is 25.0 Å². The number of benzene rings is 2. The highest BCUT2D eigenvalue weighted by atomic mass is 15.0. The van der Waals surface area contributed by atoms with E-state index in [-0.39, 0.29) is 0 Å². The molecule has 21 heavy (non-hydrogen) atoms. The van der Waals surface area contributed by atoms with E-state index in [1.165, 1.54) is 41.1 Å². The zero-order valence-electron chi connectivity index (χ0n) is 12.4. The van der Waals surface area contributed by atoms with Crippen molar-refractivity contribution in [2.24, 2.45) is 0 Å². The molecule has 106 valence electrons. The van der Waals surface area contributed by atoms with Crippen molar-refractivity contribution in [2.45, 2.75) is 38.6 Å². The summed E-state index contributed by atoms with van der Waals surface area (Å²) in [5, 5.41) is 2.72. The lowest BCUT2D eigenvalue weighted by Gasteiger charge is -2.07. The molecule has 0 fully saturated rings. The minimum atomic E-state index is 0.912. The van der Waals surface area contributed by atoms with Gasteiger partial charge in [0.1, 0.15) is 0 Å². The molecule has 0 aliphatic carbocycles. The monoisotopic (exact) mass is 275 g/mol. The third kappa shape index (κ3) is 2.81. The second-order valence-electron chi connectivity index (χ2n) is 5.55. The van der Waals surface area contributed by atoms with Crippen molar-refractivity contribution >= 4 is 21.8 Å². The molecule has 1 nitrogen and oxygen atoms in total. The van der Waals surface area contributed by atoms with Crippen LogP contribution < -0.4 is 0 Å². The van der Waals surface area contributed by atoms with E-state index in [1.54, 1.807) is 0 Å². The lowest BCUT2D eigenvalue weighted by molar-refractivity contribution is 0.594. The molecule has 0 saturated carbocycles. The van der Waals surface area contributed by atoms with E-state index in [2.05, 4.69) is 59.0 Å². The van der Waals surface area contributed by atoms with E-state index >= 15 is 0 Å². The fourth-order valence-corrected chi connectivity index (χ4v) is 3.09. The standard InChI is InChI=1S/C20H21N/c1-2-3-4-5-6-11-16-21-19-14-9-7-12-17(19)18-13-8-10-15-20(18)21/h1,7-10,12-15H,3-6,11,16H2. The first kappa shape index (κ1) is 13.8. The van der Waals surface area contributed by atoms with Crippen LogP contribution in [0, 0.1) is 12.3 Å². The van der Waals surface area contributed by atoms with Crippen LogP contribution >= 0.6 is 0 Å². The summed E-state index contributed by atoms with van der Waals surface area (Å²) < 4.78 is 2.46. The number of para-hydroxylation sites is 2. The second kappa shape index (κ2) is 6.50. The highest BCUT2D eigenvalue weighted by molar-refractivity contribution is 6.07. The Kier molecular flexibility index (Phi) is 4.26. The topological polar surface area (TPSA) is 4.93 Å². The van der Waals surface area contributed by atoms with Gasteiger partial charge in [0, 0.05) is 34.8 Å². The number of terminal acetylenes is 1. The lowest BCUT2D eigenvalue weighted by Crippen LogP contribution is -1.97. The zero-order chi connectivity index (χ0) is 14.5. The van der Waals surface area contributed by atoms with Crippen LogP contribution in [0.5, 0.6) is 0 Å². The Bertz CT molecular complexity index is 720. The Morgan fingerprint density at radius 1 is 0.762 bits per heavy atom. The SMILES string of the molecule is C#CCCCCCCn1c2ccccc2c2ccccc21. The minimum absolute atomic E-state index is 0.912. The number of unbranched alkanes of at least 4 members (excludes halogenated alkanes) is 4. The Morgan fingerprint density at radius 3 is 1.95 bits per heavy atom. The molecule has 3 aromatic rings. The number of fused-ring (bicyclic) bond motifs is 3. The third-order valence-corrected chi connectivity index (χ3v) is 4.13. The molecule has 0 amide bonds. The molecular weight excluding hydrogens is 254 g/mol. The van der Waals surface area contributed by atoms with Gasteiger partial charge in [-0.2, -0.15) is 0 Å². The van der Waals surface area contributed by atoms with Crippen molar-refractivity contribution in [1.82, 2.24) is 4.57 Å². The van der Waals surface area contributed by atoms with Gasteiger partial charge in [-0.15, -0.1) is 12.3 Å². The predicted molar refractivity (Wildman–Crippen MR) is 91.4 cm³/mol. The summed E-state index contributed by atoms with van der Waals surface area (Å²) in [4.78, 5) is 0. The molecule has 0 aliphatic heterocycles. The van der Waals surface area contributed by atoms with Gasteiger partial charge in [0.05, 0.1) is 0 Å². The van der Waals surface area contributed by atoms with E-state index < -0.39 is 0 Å². The first-order chi connectivity index (χ1) is 10.4. The zero-order valence-corrected chi connectivity index (χ0v) is 12.4. The van der Waals surface area contributed by atoms with Gasteiger partial charge in [-0.1, -0.05) is 49.2 Å². The highest BCUT2D eigenvalue weighted by Gasteiger charge is 2.08. The van der Waals surface area contributed by atoms with Crippen molar-refractivity contribution in [3.8, 4) is 12.3 Å². The molecule has 0 radical (unpaired) electrons. The Hall–Kier alpha value is -2.20. The van der Waals surface area contributed by atoms with Gasteiger partial charge < -0.3 is 4.57 Å². The van der Waals surface area contributed by atoms with Crippen LogP contribution in [0.3, 0.4) is 0 Å². The molecule has 0 saturated heterocycles. The Balaban J connectivity index is 1.81. The molecule has 0 bridgehead atoms. The number of rotatable bonds is 6. The molecule has 0 N–H and O–H groups in total. The van der Waals surface area contributed by atoms with Gasteiger partial charge >= 0.3 is 0 Å². The molecule has 2 aromatic carbocycles. The quantitative estimate of drug-likeness (QED) is 0.420. The molecule has 1 aromatic heterocycles. The molecule has 0 aliphatic rings. The van der Waals surface area contributed by atoms with E-state index in [9.17, 15) is 0 Å². The largest absolute Gasteiger partial charge is 0.340 e. The van der Waals surface area contributed by atoms with E-state index in [1.807, 2.05) is 0 Å². The summed E-state index contributed by atoms with van der Waals surface area (Å²) in [6.07, 6.45) is 11.1. The average molecular weight is 275 g/mol. The van der Waals surface area contributed by atoms with E-state index in [0.717, 1.165) is 19.4 Å². The van der Waals surface area contributed by atoms with Crippen LogP contribution in [0.15, 0.2) is 48.5 Å². The predicted octanol–water partition coefficient (Wildman–Crippen LogP) is 5.38. The molecule has 3 rings (SSSR count). The maximum Gasteiger partial charge on any atom is 0.0491 e. The summed E-state index contributed by atoms with van der Waals surface area (Å²) in [6.45, 7) is 1.09. The molecule has 1 heterocycles. The summed E-state index contributed by atoms with van der Waals surface area (Å²) in [6, 6.07) is 17.4. The smallest absolute Gasteiger partial charge is 0.0491 e. The van der Waals surface area contributed by atoms with E-state index in [0.29, 0.717) is 0 Å². The fourth-order valence-electron chi connectivity index (χ4n) is 3.09. The molecule has 1 heteroatoms. The van der Waals surface area contributed by atoms with Gasteiger partial charge in [0.15, 0.2) is 0 Å². The van der Waals surface area contributed by atoms with Crippen LogP contribution in [0.2, 0.25) is 0 Å². The van der Waals surface area contributed by atoms with Crippen LogP contribution in [-0.4, -0.2) is 4.57 Å². The number of aromatic nitrogens is 1. The van der Waals surface area contributed by atoms with Crippen LogP contribution in [0.4, 0.5) is 0 Å². The lowest BCUT2D eigenvalue weighted by atomic mass is 10.1. The highest BCUT2D eigenvalue weighted by Crippen LogP contribution is 2.29. The maximum absolute atomic E-state index is 5.29. The summed E-state index contributed by atoms with van der Waals surface area (Å²) in [5.41, 5.74) is 2.70. The van der Waals surface area contributed by atoms with Crippen molar-refractivity contribution in [3.05, 3.63) is 48.5 Å². The maximum atomic E-state index is 5.29. The summed E-state index contributed by atoms with van der Waals surface area (Å²) in [5.74, 6) is 2.72. The molecule has 0 spiro atoms. The van der Waals surface area contributed by atoms with Gasteiger partial charge in [0.2, 0.25) is 0 Å². The Morgan fingerprint density at radius 2 is 1.33 bits per heavy atom. The first-order valence-corrected chi connectivity index (χ1v) is 7.81. The second-order valence-corrected chi connectivity index (χ2v) is 5.55. The molecule has 0 unspecified atom stereocenters. The summed E-state index contributed by atoms with van der Waals surface area (Å²) >= 11 is 0. The third-order valence-electron chi connectivity index (χ3n) is 4.13. The van der Waals surface area contributed by atoms with Crippen LogP contribution in [0.1, 0.15) is 32.1 Å². The fraction of sp³-hybridized carbons (Fsp3) is 0.300. The van der Waals surface area contributed by atoms with Crippen molar-refractivity contribution in [1.29, 1.82) is 0 Å². The van der Waals surface area contributed by atoms with Crippen LogP contribution in [-0.2, 0) is 6.54 Å². The van der Waals surface area contributed by atoms with E-state index in [4.69, 9.17) is 6.42 Å². The summed E-state index contributed by atoms with van der Waals surface area (Å²) in [7, 11) is 0. The normalized spacial score (nSPS) is 11.0. The Labute approximate surface area is 126 Å².